The summed E-state index contributed by atoms with van der Waals surface area (Å²) in [5, 5.41) is 4.28. The standard InChI is InChI=1S/C25H25N3O4S/c1-3-4-5-9-14-32-19-13-12-17(15-20(19)31-2)16-21-24(30)28-25(33-21)26-23(29)22(27-28)18-10-7-6-8-11-18/h6-8,10-13,15-16H,3-5,9,14H2,1-2H3/b21-16-. The van der Waals surface area contributed by atoms with Crippen molar-refractivity contribution in [1.29, 1.82) is 0 Å². The maximum Gasteiger partial charge on any atom is 0.300 e. The van der Waals surface area contributed by atoms with Crippen molar-refractivity contribution >= 4 is 22.4 Å². The quantitative estimate of drug-likeness (QED) is 0.352. The molecule has 4 rings (SSSR count). The van der Waals surface area contributed by atoms with Gasteiger partial charge in [-0.15, -0.1) is 0 Å². The maximum absolute atomic E-state index is 13.0. The molecule has 0 bridgehead atoms. The van der Waals surface area contributed by atoms with E-state index in [1.165, 1.54) is 17.4 Å². The minimum Gasteiger partial charge on any atom is -0.493 e. The molecule has 2 aromatic heterocycles. The van der Waals surface area contributed by atoms with Gasteiger partial charge in [0.2, 0.25) is 4.96 Å². The average Bonchev–Trinajstić information content (AvgIpc) is 3.13. The van der Waals surface area contributed by atoms with Gasteiger partial charge in [0.1, 0.15) is 0 Å². The van der Waals surface area contributed by atoms with E-state index in [2.05, 4.69) is 17.0 Å². The lowest BCUT2D eigenvalue weighted by atomic mass is 10.2. The van der Waals surface area contributed by atoms with Crippen molar-refractivity contribution in [3.8, 4) is 22.8 Å². The van der Waals surface area contributed by atoms with E-state index >= 15 is 0 Å². The molecular weight excluding hydrogens is 438 g/mol. The number of fused-ring (bicyclic) bond motifs is 1. The van der Waals surface area contributed by atoms with Gasteiger partial charge in [0, 0.05) is 5.56 Å². The van der Waals surface area contributed by atoms with Crippen LogP contribution in [0.15, 0.2) is 58.1 Å². The summed E-state index contributed by atoms with van der Waals surface area (Å²) in [6.07, 6.45) is 6.25. The van der Waals surface area contributed by atoms with Gasteiger partial charge < -0.3 is 9.47 Å². The van der Waals surface area contributed by atoms with Gasteiger partial charge in [0.05, 0.1) is 18.2 Å². The Labute approximate surface area is 195 Å². The summed E-state index contributed by atoms with van der Waals surface area (Å²) in [5.41, 5.74) is 0.762. The highest BCUT2D eigenvalue weighted by Crippen LogP contribution is 2.28. The molecule has 0 aliphatic carbocycles. The molecule has 0 N–H and O–H groups in total. The van der Waals surface area contributed by atoms with Crippen molar-refractivity contribution in [1.82, 2.24) is 14.6 Å². The molecule has 0 aliphatic heterocycles. The molecule has 0 atom stereocenters. The zero-order valence-electron chi connectivity index (χ0n) is 18.6. The largest absolute Gasteiger partial charge is 0.493 e. The van der Waals surface area contributed by atoms with E-state index in [1.807, 2.05) is 36.4 Å². The first-order chi connectivity index (χ1) is 16.1. The monoisotopic (exact) mass is 463 g/mol. The van der Waals surface area contributed by atoms with E-state index in [9.17, 15) is 9.59 Å². The molecule has 0 radical (unpaired) electrons. The minimum atomic E-state index is -0.462. The van der Waals surface area contributed by atoms with E-state index in [4.69, 9.17) is 9.47 Å². The Morgan fingerprint density at radius 1 is 1.03 bits per heavy atom. The summed E-state index contributed by atoms with van der Waals surface area (Å²) in [4.78, 5) is 29.7. The molecule has 0 spiro atoms. The molecule has 0 amide bonds. The molecule has 170 valence electrons. The van der Waals surface area contributed by atoms with E-state index in [-0.39, 0.29) is 16.2 Å². The number of hydrogen-bond acceptors (Lipinski definition) is 7. The number of nitrogens with zero attached hydrogens (tertiary/aromatic N) is 3. The highest BCUT2D eigenvalue weighted by atomic mass is 32.1. The van der Waals surface area contributed by atoms with Crippen LogP contribution in [-0.2, 0) is 0 Å². The topological polar surface area (TPSA) is 82.8 Å². The zero-order chi connectivity index (χ0) is 23.2. The van der Waals surface area contributed by atoms with E-state index in [1.54, 1.807) is 25.3 Å². The number of methoxy groups -OCH3 is 1. The smallest absolute Gasteiger partial charge is 0.300 e. The summed E-state index contributed by atoms with van der Waals surface area (Å²) in [5.74, 6) is 1.27. The molecule has 0 saturated heterocycles. The fourth-order valence-electron chi connectivity index (χ4n) is 3.44. The van der Waals surface area contributed by atoms with Crippen LogP contribution in [0.1, 0.15) is 38.2 Å². The van der Waals surface area contributed by atoms with Crippen LogP contribution in [0.4, 0.5) is 0 Å². The zero-order valence-corrected chi connectivity index (χ0v) is 19.4. The SMILES string of the molecule is CCCCCCOc1ccc(/C=c2\sc3nc(=O)c(-c4ccccc4)nn3c2=O)cc1OC. The van der Waals surface area contributed by atoms with Gasteiger partial charge >= 0.3 is 5.56 Å². The van der Waals surface area contributed by atoms with Crippen LogP contribution in [0.2, 0.25) is 0 Å². The summed E-state index contributed by atoms with van der Waals surface area (Å²) in [6, 6.07) is 14.5. The third-order valence-electron chi connectivity index (χ3n) is 5.17. The van der Waals surface area contributed by atoms with Crippen LogP contribution in [0, 0.1) is 0 Å². The number of thiazole rings is 1. The van der Waals surface area contributed by atoms with Crippen molar-refractivity contribution < 1.29 is 9.47 Å². The fraction of sp³-hybridized carbons (Fsp3) is 0.280. The average molecular weight is 464 g/mol. The van der Waals surface area contributed by atoms with Crippen LogP contribution >= 0.6 is 11.3 Å². The van der Waals surface area contributed by atoms with Gasteiger partial charge in [-0.3, -0.25) is 9.59 Å². The first-order valence-corrected chi connectivity index (χ1v) is 11.7. The lowest BCUT2D eigenvalue weighted by Crippen LogP contribution is -2.26. The van der Waals surface area contributed by atoms with Gasteiger partial charge in [-0.2, -0.15) is 14.6 Å². The molecule has 0 aliphatic rings. The van der Waals surface area contributed by atoms with Gasteiger partial charge in [-0.05, 0) is 30.2 Å². The second-order valence-electron chi connectivity index (χ2n) is 7.56. The third-order valence-corrected chi connectivity index (χ3v) is 6.13. The van der Waals surface area contributed by atoms with E-state index in [0.717, 1.165) is 29.7 Å². The Morgan fingerprint density at radius 2 is 1.85 bits per heavy atom. The van der Waals surface area contributed by atoms with E-state index < -0.39 is 5.56 Å². The predicted molar refractivity (Wildman–Crippen MR) is 130 cm³/mol. The third kappa shape index (κ3) is 5.12. The van der Waals surface area contributed by atoms with Crippen LogP contribution in [0.3, 0.4) is 0 Å². The molecule has 7 nitrogen and oxygen atoms in total. The maximum atomic E-state index is 13.0. The number of rotatable bonds is 9. The molecule has 0 unspecified atom stereocenters. The molecule has 4 aromatic rings. The Hall–Kier alpha value is -3.52. The summed E-state index contributed by atoms with van der Waals surface area (Å²) in [7, 11) is 1.59. The number of aromatic nitrogens is 3. The van der Waals surface area contributed by atoms with Gasteiger partial charge in [-0.25, -0.2) is 0 Å². The molecule has 33 heavy (non-hydrogen) atoms. The van der Waals surface area contributed by atoms with Crippen LogP contribution in [-0.4, -0.2) is 28.3 Å². The number of ether oxygens (including phenoxy) is 2. The molecular formula is C25H25N3O4S. The van der Waals surface area contributed by atoms with Crippen molar-refractivity contribution in [2.45, 2.75) is 32.6 Å². The lowest BCUT2D eigenvalue weighted by Gasteiger charge is -2.11. The highest BCUT2D eigenvalue weighted by Gasteiger charge is 2.13. The molecule has 0 fully saturated rings. The van der Waals surface area contributed by atoms with Gasteiger partial charge in [0.15, 0.2) is 17.2 Å². The van der Waals surface area contributed by atoms with Gasteiger partial charge in [-0.1, -0.05) is 73.9 Å². The van der Waals surface area contributed by atoms with E-state index in [0.29, 0.717) is 28.2 Å². The van der Waals surface area contributed by atoms with Crippen LogP contribution in [0.25, 0.3) is 22.3 Å². The Balaban J connectivity index is 1.65. The van der Waals surface area contributed by atoms with Crippen molar-refractivity contribution in [3.05, 3.63) is 79.3 Å². The van der Waals surface area contributed by atoms with Gasteiger partial charge in [0.25, 0.3) is 5.56 Å². The summed E-state index contributed by atoms with van der Waals surface area (Å²) < 4.78 is 13.0. The van der Waals surface area contributed by atoms with Crippen molar-refractivity contribution in [3.63, 3.8) is 0 Å². The van der Waals surface area contributed by atoms with Crippen molar-refractivity contribution in [2.24, 2.45) is 0 Å². The number of unbranched alkanes of at least 4 members (excludes halogenated alkanes) is 3. The van der Waals surface area contributed by atoms with Crippen LogP contribution < -0.4 is 25.1 Å². The normalized spacial score (nSPS) is 11.8. The number of hydrogen-bond donors (Lipinski definition) is 0. The first kappa shape index (κ1) is 22.7. The molecule has 8 heteroatoms. The molecule has 2 heterocycles. The number of benzene rings is 2. The predicted octanol–water partition coefficient (Wildman–Crippen LogP) is 3.69. The highest BCUT2D eigenvalue weighted by molar-refractivity contribution is 7.15. The van der Waals surface area contributed by atoms with Crippen LogP contribution in [0.5, 0.6) is 11.5 Å². The second kappa shape index (κ2) is 10.4. The Kier molecular flexibility index (Phi) is 7.14. The summed E-state index contributed by atoms with van der Waals surface area (Å²) >= 11 is 1.13. The Morgan fingerprint density at radius 3 is 2.61 bits per heavy atom. The Bertz CT molecular complexity index is 1410. The minimum absolute atomic E-state index is 0.150. The van der Waals surface area contributed by atoms with Crippen molar-refractivity contribution in [2.75, 3.05) is 13.7 Å². The second-order valence-corrected chi connectivity index (χ2v) is 8.57. The lowest BCUT2D eigenvalue weighted by molar-refractivity contribution is 0.285. The molecule has 2 aromatic carbocycles. The molecule has 0 saturated carbocycles. The fourth-order valence-corrected chi connectivity index (χ4v) is 4.35. The first-order valence-electron chi connectivity index (χ1n) is 10.9. The summed E-state index contributed by atoms with van der Waals surface area (Å²) in [6.45, 7) is 2.81.